The summed E-state index contributed by atoms with van der Waals surface area (Å²) in [5, 5.41) is 6.00. The molecule has 106 valence electrons. The Morgan fingerprint density at radius 3 is 2.90 bits per heavy atom. The maximum atomic E-state index is 12.4. The molecule has 0 aliphatic heterocycles. The van der Waals surface area contributed by atoms with Crippen molar-refractivity contribution in [3.05, 3.63) is 61.8 Å². The van der Waals surface area contributed by atoms with Gasteiger partial charge in [-0.05, 0) is 39.5 Å². The molecule has 0 saturated carbocycles. The molecule has 6 heteroatoms. The number of aromatic nitrogens is 1. The number of fused-ring (bicyclic) bond motifs is 1. The fourth-order valence-corrected chi connectivity index (χ4v) is 3.67. The Balaban J connectivity index is 1.89. The minimum absolute atomic E-state index is 0.157. The summed E-state index contributed by atoms with van der Waals surface area (Å²) in [7, 11) is 0. The van der Waals surface area contributed by atoms with E-state index in [1.165, 1.54) is 0 Å². The first kappa shape index (κ1) is 14.5. The zero-order valence-electron chi connectivity index (χ0n) is 10.8. The number of carbonyl (C=O) groups is 1. The second kappa shape index (κ2) is 6.13. The predicted octanol–water partition coefficient (Wildman–Crippen LogP) is 4.64. The number of benzene rings is 1. The van der Waals surface area contributed by atoms with Crippen molar-refractivity contribution < 1.29 is 4.79 Å². The van der Waals surface area contributed by atoms with Gasteiger partial charge in [0.25, 0.3) is 5.91 Å². The Labute approximate surface area is 139 Å². The van der Waals surface area contributed by atoms with Crippen molar-refractivity contribution in [2.45, 2.75) is 6.54 Å². The van der Waals surface area contributed by atoms with Gasteiger partial charge in [-0.3, -0.25) is 4.79 Å². The summed E-state index contributed by atoms with van der Waals surface area (Å²) in [5.41, 5.74) is 1.26. The first-order valence-electron chi connectivity index (χ1n) is 6.20. The van der Waals surface area contributed by atoms with Crippen molar-refractivity contribution in [1.29, 1.82) is 0 Å². The molecule has 0 bridgehead atoms. The molecule has 0 radical (unpaired) electrons. The number of nitrogens with one attached hydrogen (secondary N) is 1. The second-order valence-electron chi connectivity index (χ2n) is 4.38. The first-order valence-corrected chi connectivity index (χ1v) is 8.25. The molecule has 3 aromatic rings. The van der Waals surface area contributed by atoms with Crippen LogP contribution in [0, 0.1) is 0 Å². The van der Waals surface area contributed by atoms with Gasteiger partial charge in [0.2, 0.25) is 0 Å². The predicted molar refractivity (Wildman–Crippen MR) is 89.9 cm³/mol. The minimum atomic E-state index is -0.157. The highest BCUT2D eigenvalue weighted by molar-refractivity contribution is 9.10. The molecule has 1 aromatic carbocycles. The van der Waals surface area contributed by atoms with Crippen molar-refractivity contribution in [2.75, 3.05) is 0 Å². The molecule has 21 heavy (non-hydrogen) atoms. The summed E-state index contributed by atoms with van der Waals surface area (Å²) in [6.07, 6.45) is 0. The Morgan fingerprint density at radius 1 is 1.33 bits per heavy atom. The lowest BCUT2D eigenvalue weighted by Gasteiger charge is -2.08. The highest BCUT2D eigenvalue weighted by atomic mass is 79.9. The Hall–Kier alpha value is -1.43. The number of amides is 1. The molecule has 3 rings (SSSR count). The van der Waals surface area contributed by atoms with Crippen LogP contribution in [0.25, 0.3) is 10.9 Å². The van der Waals surface area contributed by atoms with Crippen LogP contribution < -0.4 is 5.32 Å². The number of hydrogen-bond donors (Lipinski definition) is 1. The second-order valence-corrected chi connectivity index (χ2v) is 6.63. The third-order valence-corrected chi connectivity index (χ3v) is 5.15. The summed E-state index contributed by atoms with van der Waals surface area (Å²) in [5.74, 6) is -0.157. The van der Waals surface area contributed by atoms with Crippen LogP contribution in [0.4, 0.5) is 0 Å². The number of thiophene rings is 1. The van der Waals surface area contributed by atoms with E-state index in [1.807, 2.05) is 35.7 Å². The highest BCUT2D eigenvalue weighted by Crippen LogP contribution is 2.23. The normalized spacial score (nSPS) is 10.8. The van der Waals surface area contributed by atoms with Crippen LogP contribution in [0.1, 0.15) is 15.2 Å². The lowest BCUT2D eigenvalue weighted by atomic mass is 10.1. The maximum absolute atomic E-state index is 12.4. The molecule has 2 heterocycles. The van der Waals surface area contributed by atoms with Gasteiger partial charge in [-0.25, -0.2) is 4.98 Å². The third-order valence-electron chi connectivity index (χ3n) is 3.03. The van der Waals surface area contributed by atoms with Crippen LogP contribution in [0.2, 0.25) is 5.15 Å². The molecule has 0 saturated heterocycles. The topological polar surface area (TPSA) is 42.0 Å². The summed E-state index contributed by atoms with van der Waals surface area (Å²) < 4.78 is 1.01. The van der Waals surface area contributed by atoms with Gasteiger partial charge in [0.05, 0.1) is 17.6 Å². The SMILES string of the molecule is O=C(NCc1sccc1Br)c1cc(Cl)nc2ccccc12. The zero-order valence-corrected chi connectivity index (χ0v) is 13.9. The average molecular weight is 382 g/mol. The number of nitrogens with zero attached hydrogens (tertiary/aromatic N) is 1. The Bertz CT molecular complexity index is 818. The van der Waals surface area contributed by atoms with Gasteiger partial charge >= 0.3 is 0 Å². The van der Waals surface area contributed by atoms with Gasteiger partial charge < -0.3 is 5.32 Å². The van der Waals surface area contributed by atoms with Crippen LogP contribution in [0.3, 0.4) is 0 Å². The van der Waals surface area contributed by atoms with E-state index < -0.39 is 0 Å². The smallest absolute Gasteiger partial charge is 0.252 e. The monoisotopic (exact) mass is 380 g/mol. The van der Waals surface area contributed by atoms with Gasteiger partial charge in [-0.1, -0.05) is 29.8 Å². The molecule has 1 amide bonds. The van der Waals surface area contributed by atoms with E-state index in [2.05, 4.69) is 26.2 Å². The molecule has 3 nitrogen and oxygen atoms in total. The van der Waals surface area contributed by atoms with E-state index in [-0.39, 0.29) is 5.91 Å². The molecule has 0 atom stereocenters. The fraction of sp³-hybridized carbons (Fsp3) is 0.0667. The Kier molecular flexibility index (Phi) is 4.24. The summed E-state index contributed by atoms with van der Waals surface area (Å²) >= 11 is 11.0. The average Bonchev–Trinajstić information content (AvgIpc) is 2.89. The van der Waals surface area contributed by atoms with Crippen LogP contribution >= 0.6 is 38.9 Å². The van der Waals surface area contributed by atoms with Gasteiger partial charge in [0, 0.05) is 14.7 Å². The summed E-state index contributed by atoms with van der Waals surface area (Å²) in [6.45, 7) is 0.478. The first-order chi connectivity index (χ1) is 10.1. The van der Waals surface area contributed by atoms with Crippen molar-refractivity contribution in [3.63, 3.8) is 0 Å². The number of pyridine rings is 1. The molecule has 0 aliphatic rings. The van der Waals surface area contributed by atoms with Crippen LogP contribution in [0.15, 0.2) is 46.3 Å². The molecule has 0 unspecified atom stereocenters. The zero-order chi connectivity index (χ0) is 14.8. The molecule has 2 aromatic heterocycles. The molecular weight excluding hydrogens is 372 g/mol. The van der Waals surface area contributed by atoms with E-state index in [9.17, 15) is 4.79 Å². The fourth-order valence-electron chi connectivity index (χ4n) is 2.04. The van der Waals surface area contributed by atoms with E-state index in [0.717, 1.165) is 14.7 Å². The van der Waals surface area contributed by atoms with E-state index in [1.54, 1.807) is 17.4 Å². The number of rotatable bonds is 3. The van der Waals surface area contributed by atoms with Crippen molar-refractivity contribution in [3.8, 4) is 0 Å². The van der Waals surface area contributed by atoms with Gasteiger partial charge in [0.15, 0.2) is 0 Å². The standard InChI is InChI=1S/C15H10BrClN2OS/c16-11-5-6-21-13(11)8-18-15(20)10-7-14(17)19-12-4-2-1-3-9(10)12/h1-7H,8H2,(H,18,20). The summed E-state index contributed by atoms with van der Waals surface area (Å²) in [6, 6.07) is 11.0. The van der Waals surface area contributed by atoms with E-state index in [0.29, 0.717) is 22.8 Å². The molecule has 0 fully saturated rings. The van der Waals surface area contributed by atoms with Crippen LogP contribution in [0.5, 0.6) is 0 Å². The van der Waals surface area contributed by atoms with Crippen LogP contribution in [-0.4, -0.2) is 10.9 Å². The minimum Gasteiger partial charge on any atom is -0.347 e. The Morgan fingerprint density at radius 2 is 2.14 bits per heavy atom. The number of hydrogen-bond acceptors (Lipinski definition) is 3. The number of carbonyl (C=O) groups excluding carboxylic acids is 1. The van der Waals surface area contributed by atoms with Crippen molar-refractivity contribution in [1.82, 2.24) is 10.3 Å². The quantitative estimate of drug-likeness (QED) is 0.671. The molecule has 0 spiro atoms. The highest BCUT2D eigenvalue weighted by Gasteiger charge is 2.13. The van der Waals surface area contributed by atoms with E-state index in [4.69, 9.17) is 11.6 Å². The van der Waals surface area contributed by atoms with Gasteiger partial charge in [-0.15, -0.1) is 11.3 Å². The molecule has 1 N–H and O–H groups in total. The molecule has 0 aliphatic carbocycles. The van der Waals surface area contributed by atoms with Gasteiger partial charge in [0.1, 0.15) is 5.15 Å². The summed E-state index contributed by atoms with van der Waals surface area (Å²) in [4.78, 5) is 17.7. The number of para-hydroxylation sites is 1. The lowest BCUT2D eigenvalue weighted by Crippen LogP contribution is -2.22. The van der Waals surface area contributed by atoms with Crippen molar-refractivity contribution in [2.24, 2.45) is 0 Å². The number of halogens is 2. The van der Waals surface area contributed by atoms with Crippen molar-refractivity contribution >= 4 is 55.7 Å². The largest absolute Gasteiger partial charge is 0.347 e. The van der Waals surface area contributed by atoms with Gasteiger partial charge in [-0.2, -0.15) is 0 Å². The third kappa shape index (κ3) is 3.10. The maximum Gasteiger partial charge on any atom is 0.252 e. The van der Waals surface area contributed by atoms with E-state index >= 15 is 0 Å². The lowest BCUT2D eigenvalue weighted by molar-refractivity contribution is 0.0953. The molecular formula is C15H10BrClN2OS. The van der Waals surface area contributed by atoms with Crippen LogP contribution in [-0.2, 0) is 6.54 Å².